The van der Waals surface area contributed by atoms with Crippen molar-refractivity contribution in [2.24, 2.45) is 5.73 Å². The van der Waals surface area contributed by atoms with Crippen LogP contribution in [0.5, 0.6) is 0 Å². The van der Waals surface area contributed by atoms with E-state index >= 15 is 0 Å². The molecule has 4 N–H and O–H groups in total. The Labute approximate surface area is 139 Å². The minimum Gasteiger partial charge on any atom is -0.384 e. The van der Waals surface area contributed by atoms with Gasteiger partial charge in [-0.25, -0.2) is 4.98 Å². The lowest BCUT2D eigenvalue weighted by Gasteiger charge is -2.12. The molecule has 4 rings (SSSR count). The fourth-order valence-corrected chi connectivity index (χ4v) is 3.20. The molecule has 2 heterocycles. The highest BCUT2D eigenvalue weighted by Crippen LogP contribution is 2.47. The lowest BCUT2D eigenvalue weighted by atomic mass is 9.96. The topological polar surface area (TPSA) is 94.9 Å². The average Bonchev–Trinajstić information content (AvgIpc) is 3.36. The van der Waals surface area contributed by atoms with Crippen molar-refractivity contribution in [3.05, 3.63) is 54.0 Å². The number of nitrogens with zero attached hydrogens (tertiary/aromatic N) is 2. The number of primary amides is 1. The molecule has 1 aliphatic rings. The number of hydrogen-bond acceptors (Lipinski definition) is 4. The molecule has 3 aromatic rings. The Kier molecular flexibility index (Phi) is 3.06. The van der Waals surface area contributed by atoms with Crippen LogP contribution in [0.25, 0.3) is 21.9 Å². The standard InChI is InChI=1S/C19H18N4O/c1-11-6-17(20)23-10-15(11)13-3-2-12-8-16(22-9-14(12)7-13)19(4-5-19)18(21)24/h2-3,6-10H,4-5H2,1H3,(H2,20,23)(H2,21,24). The van der Waals surface area contributed by atoms with Crippen molar-refractivity contribution < 1.29 is 4.79 Å². The number of rotatable bonds is 3. The molecular formula is C19H18N4O. The summed E-state index contributed by atoms with van der Waals surface area (Å²) >= 11 is 0. The van der Waals surface area contributed by atoms with Crippen LogP contribution in [0.4, 0.5) is 5.82 Å². The second-order valence-electron chi connectivity index (χ2n) is 6.50. The van der Waals surface area contributed by atoms with E-state index in [1.54, 1.807) is 6.20 Å². The highest BCUT2D eigenvalue weighted by atomic mass is 16.1. The van der Waals surface area contributed by atoms with Gasteiger partial charge in [0, 0.05) is 23.3 Å². The number of hydrogen-bond donors (Lipinski definition) is 2. The maximum atomic E-state index is 11.7. The number of pyridine rings is 2. The van der Waals surface area contributed by atoms with Gasteiger partial charge in [-0.15, -0.1) is 0 Å². The van der Waals surface area contributed by atoms with E-state index in [0.717, 1.165) is 46.0 Å². The van der Waals surface area contributed by atoms with Gasteiger partial charge < -0.3 is 11.5 Å². The number of carbonyl (C=O) groups is 1. The molecular weight excluding hydrogens is 300 g/mol. The number of fused-ring (bicyclic) bond motifs is 1. The molecule has 0 spiro atoms. The summed E-state index contributed by atoms with van der Waals surface area (Å²) in [4.78, 5) is 20.4. The average molecular weight is 318 g/mol. The summed E-state index contributed by atoms with van der Waals surface area (Å²) in [7, 11) is 0. The van der Waals surface area contributed by atoms with Crippen LogP contribution in [-0.4, -0.2) is 15.9 Å². The summed E-state index contributed by atoms with van der Waals surface area (Å²) in [6, 6.07) is 10.0. The molecule has 5 nitrogen and oxygen atoms in total. The van der Waals surface area contributed by atoms with Gasteiger partial charge in [0.2, 0.25) is 5.91 Å². The van der Waals surface area contributed by atoms with E-state index in [-0.39, 0.29) is 5.91 Å². The van der Waals surface area contributed by atoms with Crippen molar-refractivity contribution in [2.45, 2.75) is 25.2 Å². The summed E-state index contributed by atoms with van der Waals surface area (Å²) in [5.41, 5.74) is 14.7. The van der Waals surface area contributed by atoms with Crippen LogP contribution in [0, 0.1) is 6.92 Å². The van der Waals surface area contributed by atoms with Crippen molar-refractivity contribution in [1.29, 1.82) is 0 Å². The SMILES string of the molecule is Cc1cc(N)ncc1-c1ccc2cc(C3(C(N)=O)CC3)ncc2c1. The van der Waals surface area contributed by atoms with Crippen molar-refractivity contribution >= 4 is 22.5 Å². The number of carbonyl (C=O) groups excluding carboxylic acids is 1. The Morgan fingerprint density at radius 3 is 2.54 bits per heavy atom. The first kappa shape index (κ1) is 14.6. The lowest BCUT2D eigenvalue weighted by Crippen LogP contribution is -2.29. The highest BCUT2D eigenvalue weighted by Gasteiger charge is 2.51. The Balaban J connectivity index is 1.78. The molecule has 1 amide bonds. The zero-order valence-electron chi connectivity index (χ0n) is 13.4. The number of nitrogens with two attached hydrogens (primary N) is 2. The predicted molar refractivity (Wildman–Crippen MR) is 94.2 cm³/mol. The van der Waals surface area contributed by atoms with Crippen LogP contribution in [0.1, 0.15) is 24.1 Å². The minimum absolute atomic E-state index is 0.283. The summed E-state index contributed by atoms with van der Waals surface area (Å²) < 4.78 is 0. The molecule has 2 aromatic heterocycles. The zero-order chi connectivity index (χ0) is 16.9. The van der Waals surface area contributed by atoms with Crippen LogP contribution < -0.4 is 11.5 Å². The second-order valence-corrected chi connectivity index (χ2v) is 6.50. The van der Waals surface area contributed by atoms with Crippen LogP contribution in [0.2, 0.25) is 0 Å². The molecule has 120 valence electrons. The number of aromatic nitrogens is 2. The van der Waals surface area contributed by atoms with E-state index in [1.807, 2.05) is 31.3 Å². The van der Waals surface area contributed by atoms with Gasteiger partial charge in [-0.1, -0.05) is 12.1 Å². The maximum Gasteiger partial charge on any atom is 0.229 e. The Hall–Kier alpha value is -2.95. The van der Waals surface area contributed by atoms with Gasteiger partial charge in [0.1, 0.15) is 5.82 Å². The molecule has 1 aliphatic carbocycles. The maximum absolute atomic E-state index is 11.7. The first-order valence-electron chi connectivity index (χ1n) is 7.92. The molecule has 24 heavy (non-hydrogen) atoms. The quantitative estimate of drug-likeness (QED) is 0.776. The zero-order valence-corrected chi connectivity index (χ0v) is 13.4. The van der Waals surface area contributed by atoms with Gasteiger partial charge in [0.05, 0.1) is 11.1 Å². The van der Waals surface area contributed by atoms with Crippen LogP contribution in [-0.2, 0) is 10.2 Å². The Bertz CT molecular complexity index is 976. The van der Waals surface area contributed by atoms with Crippen molar-refractivity contribution in [3.63, 3.8) is 0 Å². The molecule has 5 heteroatoms. The number of aryl methyl sites for hydroxylation is 1. The van der Waals surface area contributed by atoms with Crippen molar-refractivity contribution in [2.75, 3.05) is 5.73 Å². The van der Waals surface area contributed by atoms with Gasteiger partial charge in [0.25, 0.3) is 0 Å². The Morgan fingerprint density at radius 1 is 1.08 bits per heavy atom. The second kappa shape index (κ2) is 5.03. The van der Waals surface area contributed by atoms with E-state index in [9.17, 15) is 4.79 Å². The van der Waals surface area contributed by atoms with Gasteiger partial charge in [0.15, 0.2) is 0 Å². The third-order valence-electron chi connectivity index (χ3n) is 4.88. The van der Waals surface area contributed by atoms with E-state index in [2.05, 4.69) is 22.1 Å². The summed E-state index contributed by atoms with van der Waals surface area (Å²) in [6.45, 7) is 2.02. The summed E-state index contributed by atoms with van der Waals surface area (Å²) in [5.74, 6) is 0.235. The number of benzene rings is 1. The molecule has 0 unspecified atom stereocenters. The van der Waals surface area contributed by atoms with Crippen LogP contribution >= 0.6 is 0 Å². The molecule has 0 aliphatic heterocycles. The van der Waals surface area contributed by atoms with Gasteiger partial charge in [-0.3, -0.25) is 9.78 Å². The highest BCUT2D eigenvalue weighted by molar-refractivity contribution is 5.92. The predicted octanol–water partition coefficient (Wildman–Crippen LogP) is 2.70. The molecule has 1 fully saturated rings. The van der Waals surface area contributed by atoms with E-state index < -0.39 is 5.41 Å². The number of amides is 1. The molecule has 0 radical (unpaired) electrons. The van der Waals surface area contributed by atoms with Gasteiger partial charge >= 0.3 is 0 Å². The monoisotopic (exact) mass is 318 g/mol. The summed E-state index contributed by atoms with van der Waals surface area (Å²) in [5, 5.41) is 2.07. The number of anilines is 1. The Morgan fingerprint density at radius 2 is 1.88 bits per heavy atom. The first-order chi connectivity index (χ1) is 11.5. The smallest absolute Gasteiger partial charge is 0.229 e. The molecule has 1 aromatic carbocycles. The van der Waals surface area contributed by atoms with Gasteiger partial charge in [-0.05, 0) is 54.5 Å². The van der Waals surface area contributed by atoms with E-state index in [0.29, 0.717) is 5.82 Å². The molecule has 1 saturated carbocycles. The molecule has 0 saturated heterocycles. The van der Waals surface area contributed by atoms with Gasteiger partial charge in [-0.2, -0.15) is 0 Å². The van der Waals surface area contributed by atoms with Crippen LogP contribution in [0.3, 0.4) is 0 Å². The first-order valence-corrected chi connectivity index (χ1v) is 7.92. The molecule has 0 bridgehead atoms. The molecule has 0 atom stereocenters. The fraction of sp³-hybridized carbons (Fsp3) is 0.211. The largest absolute Gasteiger partial charge is 0.384 e. The van der Waals surface area contributed by atoms with E-state index in [4.69, 9.17) is 11.5 Å². The minimum atomic E-state index is -0.551. The van der Waals surface area contributed by atoms with E-state index in [1.165, 1.54) is 0 Å². The third kappa shape index (κ3) is 2.21. The normalized spacial score (nSPS) is 15.4. The van der Waals surface area contributed by atoms with Crippen molar-refractivity contribution in [3.8, 4) is 11.1 Å². The lowest BCUT2D eigenvalue weighted by molar-refractivity contribution is -0.120. The van der Waals surface area contributed by atoms with Crippen LogP contribution in [0.15, 0.2) is 42.7 Å². The summed E-state index contributed by atoms with van der Waals surface area (Å²) in [6.07, 6.45) is 5.18. The third-order valence-corrected chi connectivity index (χ3v) is 4.88. The fourth-order valence-electron chi connectivity index (χ4n) is 3.20. The number of nitrogen functional groups attached to an aromatic ring is 1. The van der Waals surface area contributed by atoms with Crippen molar-refractivity contribution in [1.82, 2.24) is 9.97 Å².